The summed E-state index contributed by atoms with van der Waals surface area (Å²) in [6.07, 6.45) is 3.30. The van der Waals surface area contributed by atoms with Gasteiger partial charge in [-0.1, -0.05) is 54.6 Å². The summed E-state index contributed by atoms with van der Waals surface area (Å²) < 4.78 is 1.56. The fourth-order valence-corrected chi connectivity index (χ4v) is 4.88. The molecule has 140 valence electrons. The second kappa shape index (κ2) is 6.87. The van der Waals surface area contributed by atoms with Crippen LogP contribution in [-0.4, -0.2) is 22.2 Å². The number of allylic oxidation sites excluding steroid dienone is 1. The van der Waals surface area contributed by atoms with Gasteiger partial charge in [-0.2, -0.15) is 0 Å². The topological polar surface area (TPSA) is 74.6 Å². The van der Waals surface area contributed by atoms with Crippen molar-refractivity contribution in [2.45, 2.75) is 11.8 Å². The molecule has 3 aromatic carbocycles. The van der Waals surface area contributed by atoms with Gasteiger partial charge in [-0.05, 0) is 71.8 Å². The van der Waals surface area contributed by atoms with Crippen molar-refractivity contribution in [3.63, 3.8) is 0 Å². The highest BCUT2D eigenvalue weighted by atomic mass is 79.9. The number of carboxylic acid groups (broad SMARTS) is 2. The Morgan fingerprint density at radius 3 is 2.39 bits per heavy atom. The molecule has 0 aromatic heterocycles. The third-order valence-electron chi connectivity index (χ3n) is 5.19. The maximum Gasteiger partial charge on any atom is 0.326 e. The van der Waals surface area contributed by atoms with Gasteiger partial charge in [0, 0.05) is 14.5 Å². The van der Waals surface area contributed by atoms with Gasteiger partial charge in [-0.25, -0.2) is 0 Å². The zero-order valence-corrected chi connectivity index (χ0v) is 17.6. The van der Waals surface area contributed by atoms with Gasteiger partial charge in [0.1, 0.15) is 0 Å². The van der Waals surface area contributed by atoms with Gasteiger partial charge in [-0.3, -0.25) is 9.59 Å². The average molecular weight is 502 g/mol. The zero-order valence-electron chi connectivity index (χ0n) is 14.4. The molecule has 0 amide bonds. The van der Waals surface area contributed by atoms with Crippen LogP contribution in [0.2, 0.25) is 0 Å². The Labute approximate surface area is 177 Å². The molecule has 0 saturated carbocycles. The van der Waals surface area contributed by atoms with E-state index in [0.29, 0.717) is 16.7 Å². The third kappa shape index (κ3) is 2.63. The average Bonchev–Trinajstić information content (AvgIpc) is 2.67. The van der Waals surface area contributed by atoms with Crippen LogP contribution in [0, 0.1) is 0 Å². The zero-order chi connectivity index (χ0) is 20.1. The van der Waals surface area contributed by atoms with E-state index in [1.165, 1.54) is 0 Å². The lowest BCUT2D eigenvalue weighted by molar-refractivity contribution is -0.157. The number of carboxylic acids is 2. The molecule has 0 unspecified atom stereocenters. The van der Waals surface area contributed by atoms with Gasteiger partial charge < -0.3 is 10.2 Å². The number of hydrogen-bond acceptors (Lipinski definition) is 2. The summed E-state index contributed by atoms with van der Waals surface area (Å²) in [4.78, 5) is 24.5. The van der Waals surface area contributed by atoms with Crippen molar-refractivity contribution >= 4 is 60.6 Å². The first-order chi connectivity index (χ1) is 13.4. The minimum atomic E-state index is -2.04. The van der Waals surface area contributed by atoms with Crippen LogP contribution in [0.4, 0.5) is 0 Å². The highest BCUT2D eigenvalue weighted by Crippen LogP contribution is 2.47. The first-order valence-electron chi connectivity index (χ1n) is 8.52. The molecule has 0 heterocycles. The van der Waals surface area contributed by atoms with Crippen LogP contribution in [0.3, 0.4) is 0 Å². The molecule has 1 aliphatic rings. The van der Waals surface area contributed by atoms with Crippen molar-refractivity contribution < 1.29 is 19.8 Å². The molecule has 0 radical (unpaired) electrons. The molecular weight excluding hydrogens is 488 g/mol. The first-order valence-corrected chi connectivity index (χ1v) is 10.1. The number of carbonyl (C=O) groups is 2. The van der Waals surface area contributed by atoms with Gasteiger partial charge in [0.25, 0.3) is 0 Å². The number of fused-ring (bicyclic) bond motifs is 2. The number of rotatable bonds is 3. The van der Waals surface area contributed by atoms with E-state index in [4.69, 9.17) is 0 Å². The number of benzene rings is 3. The van der Waals surface area contributed by atoms with E-state index in [2.05, 4.69) is 31.9 Å². The van der Waals surface area contributed by atoms with E-state index in [0.717, 1.165) is 25.3 Å². The van der Waals surface area contributed by atoms with Crippen LogP contribution in [0.25, 0.3) is 28.0 Å². The highest BCUT2D eigenvalue weighted by molar-refractivity contribution is 9.13. The van der Waals surface area contributed by atoms with Crippen molar-refractivity contribution in [1.29, 1.82) is 0 Å². The summed E-state index contributed by atoms with van der Waals surface area (Å²) in [5.74, 6) is -2.73. The maximum absolute atomic E-state index is 12.2. The summed E-state index contributed by atoms with van der Waals surface area (Å²) in [5, 5.41) is 21.8. The van der Waals surface area contributed by atoms with Crippen molar-refractivity contribution in [1.82, 2.24) is 0 Å². The van der Waals surface area contributed by atoms with Crippen molar-refractivity contribution in [3.05, 3.63) is 74.7 Å². The highest BCUT2D eigenvalue weighted by Gasteiger charge is 2.51. The van der Waals surface area contributed by atoms with Crippen molar-refractivity contribution in [2.75, 3.05) is 0 Å². The molecular formula is C22H14Br2O4. The second-order valence-corrected chi connectivity index (χ2v) is 8.31. The smallest absolute Gasteiger partial charge is 0.326 e. The van der Waals surface area contributed by atoms with Gasteiger partial charge in [-0.15, -0.1) is 0 Å². The van der Waals surface area contributed by atoms with Gasteiger partial charge in [0.2, 0.25) is 0 Å². The minimum absolute atomic E-state index is 0.106. The van der Waals surface area contributed by atoms with E-state index in [1.54, 1.807) is 24.3 Å². The normalized spacial score (nSPS) is 14.6. The molecule has 1 aliphatic carbocycles. The number of halogens is 2. The second-order valence-electron chi connectivity index (χ2n) is 6.66. The molecule has 0 fully saturated rings. The summed E-state index contributed by atoms with van der Waals surface area (Å²) in [7, 11) is 0. The largest absolute Gasteiger partial charge is 0.480 e. The van der Waals surface area contributed by atoms with Crippen LogP contribution in [-0.2, 0) is 15.0 Å². The number of aliphatic carboxylic acids is 2. The Hall–Kier alpha value is -2.44. The lowest BCUT2D eigenvalue weighted by Crippen LogP contribution is -2.45. The Bertz CT molecular complexity index is 1170. The van der Waals surface area contributed by atoms with Gasteiger partial charge in [0.05, 0.1) is 0 Å². The van der Waals surface area contributed by atoms with E-state index in [1.807, 2.05) is 36.4 Å². The standard InChI is InChI=1S/C22H14Br2O4/c23-16-11-13-5-1-2-8-14(13)17(19(16)24)15-9-3-6-12-7-4-10-22(18(12)15,20(25)26)21(27)28/h1-9,11H,10H2,(H,25,26)(H,27,28). The summed E-state index contributed by atoms with van der Waals surface area (Å²) in [6.45, 7) is 0. The van der Waals surface area contributed by atoms with Crippen LogP contribution < -0.4 is 0 Å². The summed E-state index contributed by atoms with van der Waals surface area (Å²) in [6, 6.07) is 15.1. The van der Waals surface area contributed by atoms with Crippen molar-refractivity contribution in [3.8, 4) is 11.1 Å². The van der Waals surface area contributed by atoms with E-state index < -0.39 is 17.4 Å². The molecule has 4 rings (SSSR count). The summed E-state index contributed by atoms with van der Waals surface area (Å²) in [5.41, 5.74) is 0.231. The van der Waals surface area contributed by atoms with Crippen LogP contribution in [0.15, 0.2) is 63.6 Å². The molecule has 4 nitrogen and oxygen atoms in total. The molecule has 28 heavy (non-hydrogen) atoms. The Morgan fingerprint density at radius 2 is 1.68 bits per heavy atom. The molecule has 2 N–H and O–H groups in total. The maximum atomic E-state index is 12.2. The van der Waals surface area contributed by atoms with Crippen LogP contribution in [0.1, 0.15) is 17.5 Å². The fraction of sp³-hybridized carbons (Fsp3) is 0.0909. The predicted octanol–water partition coefficient (Wildman–Crippen LogP) is 5.86. The molecule has 3 aromatic rings. The van der Waals surface area contributed by atoms with Gasteiger partial charge in [0.15, 0.2) is 5.41 Å². The lowest BCUT2D eigenvalue weighted by atomic mass is 9.69. The van der Waals surface area contributed by atoms with Crippen LogP contribution in [0.5, 0.6) is 0 Å². The Morgan fingerprint density at radius 1 is 0.964 bits per heavy atom. The molecule has 6 heteroatoms. The monoisotopic (exact) mass is 500 g/mol. The quantitative estimate of drug-likeness (QED) is 0.441. The predicted molar refractivity (Wildman–Crippen MR) is 115 cm³/mol. The SMILES string of the molecule is O=C(O)C1(C(=O)O)CC=Cc2cccc(-c3c(Br)c(Br)cc4ccccc34)c21. The van der Waals surface area contributed by atoms with E-state index in [9.17, 15) is 19.8 Å². The number of hydrogen-bond donors (Lipinski definition) is 2. The Balaban J connectivity index is 2.19. The molecule has 0 spiro atoms. The summed E-state index contributed by atoms with van der Waals surface area (Å²) >= 11 is 7.17. The fourth-order valence-electron chi connectivity index (χ4n) is 3.89. The molecule has 0 saturated heterocycles. The van der Waals surface area contributed by atoms with E-state index >= 15 is 0 Å². The molecule has 0 bridgehead atoms. The third-order valence-corrected chi connectivity index (χ3v) is 7.17. The first kappa shape index (κ1) is 18.9. The van der Waals surface area contributed by atoms with E-state index in [-0.39, 0.29) is 6.42 Å². The van der Waals surface area contributed by atoms with Crippen LogP contribution >= 0.6 is 31.9 Å². The minimum Gasteiger partial charge on any atom is -0.480 e. The Kier molecular flexibility index (Phi) is 4.63. The lowest BCUT2D eigenvalue weighted by Gasteiger charge is -2.31. The van der Waals surface area contributed by atoms with Gasteiger partial charge >= 0.3 is 11.9 Å². The molecule has 0 atom stereocenters. The van der Waals surface area contributed by atoms with Crippen molar-refractivity contribution in [2.24, 2.45) is 0 Å². The molecule has 0 aliphatic heterocycles.